The van der Waals surface area contributed by atoms with Gasteiger partial charge in [0.2, 0.25) is 0 Å². The first kappa shape index (κ1) is 20.9. The number of rotatable bonds is 6. The van der Waals surface area contributed by atoms with Gasteiger partial charge in [0.15, 0.2) is 0 Å². The lowest BCUT2D eigenvalue weighted by molar-refractivity contribution is 0.0953. The summed E-state index contributed by atoms with van der Waals surface area (Å²) < 4.78 is 6.91. The third-order valence-electron chi connectivity index (χ3n) is 4.69. The Hall–Kier alpha value is -3.35. The molecule has 1 amide bonds. The van der Waals surface area contributed by atoms with Crippen molar-refractivity contribution in [2.45, 2.75) is 13.5 Å². The van der Waals surface area contributed by atoms with Crippen LogP contribution >= 0.6 is 23.2 Å². The predicted molar refractivity (Wildman–Crippen MR) is 122 cm³/mol. The number of hydrogen-bond donors (Lipinski definition) is 1. The summed E-state index contributed by atoms with van der Waals surface area (Å²) in [6.45, 7) is 2.11. The van der Waals surface area contributed by atoms with E-state index in [1.54, 1.807) is 42.1 Å². The number of furan rings is 1. The summed E-state index contributed by atoms with van der Waals surface area (Å²) in [6.07, 6.45) is 4.86. The lowest BCUT2D eigenvalue weighted by Crippen LogP contribution is -2.17. The van der Waals surface area contributed by atoms with Crippen molar-refractivity contribution >= 4 is 35.3 Å². The molecule has 2 heterocycles. The van der Waals surface area contributed by atoms with Crippen LogP contribution in [0.3, 0.4) is 0 Å². The molecule has 0 unspecified atom stereocenters. The summed E-state index contributed by atoms with van der Waals surface area (Å²) in [5.41, 5.74) is 6.11. The molecule has 0 saturated carbocycles. The fraction of sp³-hybridized carbons (Fsp3) is 0.0870. The molecular weight excluding hydrogens is 435 g/mol. The van der Waals surface area contributed by atoms with Crippen molar-refractivity contribution in [3.8, 4) is 11.3 Å². The molecule has 0 radical (unpaired) electrons. The summed E-state index contributed by atoms with van der Waals surface area (Å²) in [5.74, 6) is 0.182. The third-order valence-corrected chi connectivity index (χ3v) is 5.40. The van der Waals surface area contributed by atoms with Crippen LogP contribution in [-0.4, -0.2) is 21.9 Å². The maximum absolute atomic E-state index is 12.3. The minimum Gasteiger partial charge on any atom is -0.469 e. The topological polar surface area (TPSA) is 72.4 Å². The number of benzene rings is 2. The third kappa shape index (κ3) is 4.71. The highest BCUT2D eigenvalue weighted by Gasteiger charge is 2.14. The molecule has 0 aliphatic carbocycles. The highest BCUT2D eigenvalue weighted by atomic mass is 35.5. The Morgan fingerprint density at radius 1 is 1.13 bits per heavy atom. The van der Waals surface area contributed by atoms with Gasteiger partial charge in [0, 0.05) is 32.9 Å². The zero-order valence-corrected chi connectivity index (χ0v) is 18.1. The normalized spacial score (nSPS) is 11.2. The Labute approximate surface area is 189 Å². The molecule has 0 spiro atoms. The molecule has 0 aliphatic heterocycles. The second-order valence-electron chi connectivity index (χ2n) is 6.79. The number of nitrogens with one attached hydrogen (secondary N) is 1. The van der Waals surface area contributed by atoms with E-state index in [0.29, 0.717) is 27.9 Å². The van der Waals surface area contributed by atoms with Crippen LogP contribution in [-0.2, 0) is 6.54 Å². The molecule has 0 bridgehead atoms. The van der Waals surface area contributed by atoms with Gasteiger partial charge in [0.25, 0.3) is 5.91 Å². The number of aromatic nitrogens is 2. The zero-order valence-electron chi connectivity index (χ0n) is 16.5. The second kappa shape index (κ2) is 9.20. The van der Waals surface area contributed by atoms with Crippen LogP contribution in [0.2, 0.25) is 10.0 Å². The highest BCUT2D eigenvalue weighted by molar-refractivity contribution is 6.36. The van der Waals surface area contributed by atoms with Gasteiger partial charge < -0.3 is 4.42 Å². The molecule has 6 nitrogen and oxygen atoms in total. The molecular formula is C23H18Cl2N4O2. The van der Waals surface area contributed by atoms with Crippen LogP contribution in [0, 0.1) is 6.92 Å². The first-order valence-corrected chi connectivity index (χ1v) is 10.2. The molecule has 2 aromatic carbocycles. The smallest absolute Gasteiger partial charge is 0.274 e. The fourth-order valence-electron chi connectivity index (χ4n) is 3.12. The lowest BCUT2D eigenvalue weighted by atomic mass is 10.1. The largest absolute Gasteiger partial charge is 0.469 e. The average molecular weight is 453 g/mol. The first-order chi connectivity index (χ1) is 15.0. The number of amides is 1. The number of carbonyl (C=O) groups excluding carboxylic acids is 1. The predicted octanol–water partition coefficient (Wildman–Crippen LogP) is 5.57. The Morgan fingerprint density at radius 2 is 1.87 bits per heavy atom. The number of hydrogen-bond acceptors (Lipinski definition) is 4. The van der Waals surface area contributed by atoms with Crippen molar-refractivity contribution in [3.63, 3.8) is 0 Å². The van der Waals surface area contributed by atoms with Crippen LogP contribution < -0.4 is 5.43 Å². The fourth-order valence-corrected chi connectivity index (χ4v) is 3.64. The SMILES string of the molecule is Cc1occc1C(=O)N/N=C\c1cn(Cc2c(Cl)cccc2Cl)nc1-c1ccccc1. The highest BCUT2D eigenvalue weighted by Crippen LogP contribution is 2.26. The number of hydrazone groups is 1. The Kier molecular flexibility index (Phi) is 6.21. The van der Waals surface area contributed by atoms with E-state index in [9.17, 15) is 4.79 Å². The van der Waals surface area contributed by atoms with E-state index in [4.69, 9.17) is 32.7 Å². The molecule has 0 saturated heterocycles. The number of aryl methyl sites for hydroxylation is 1. The van der Waals surface area contributed by atoms with E-state index < -0.39 is 0 Å². The van der Waals surface area contributed by atoms with E-state index in [-0.39, 0.29) is 5.91 Å². The van der Waals surface area contributed by atoms with Crippen LogP contribution in [0.15, 0.2) is 76.6 Å². The van der Waals surface area contributed by atoms with E-state index >= 15 is 0 Å². The zero-order chi connectivity index (χ0) is 21.8. The quantitative estimate of drug-likeness (QED) is 0.307. The first-order valence-electron chi connectivity index (χ1n) is 9.46. The lowest BCUT2D eigenvalue weighted by Gasteiger charge is -2.06. The molecule has 0 aliphatic rings. The van der Waals surface area contributed by atoms with Crippen molar-refractivity contribution in [1.82, 2.24) is 15.2 Å². The van der Waals surface area contributed by atoms with E-state index in [1.165, 1.54) is 6.26 Å². The maximum atomic E-state index is 12.3. The number of nitrogens with zero attached hydrogens (tertiary/aromatic N) is 3. The van der Waals surface area contributed by atoms with Gasteiger partial charge in [-0.15, -0.1) is 0 Å². The van der Waals surface area contributed by atoms with Crippen LogP contribution in [0.5, 0.6) is 0 Å². The monoisotopic (exact) mass is 452 g/mol. The standard InChI is InChI=1S/C23H18Cl2N4O2/c1-15-18(10-11-31-15)23(30)27-26-12-17-13-29(14-19-20(24)8-5-9-21(19)25)28-22(17)16-6-3-2-4-7-16/h2-13H,14H2,1H3,(H,27,30)/b26-12-. The van der Waals surface area contributed by atoms with Gasteiger partial charge >= 0.3 is 0 Å². The van der Waals surface area contributed by atoms with Crippen molar-refractivity contribution in [3.05, 3.63) is 99.6 Å². The van der Waals surface area contributed by atoms with Crippen LogP contribution in [0.1, 0.15) is 27.2 Å². The van der Waals surface area contributed by atoms with Crippen LogP contribution in [0.25, 0.3) is 11.3 Å². The van der Waals surface area contributed by atoms with Crippen molar-refractivity contribution in [2.75, 3.05) is 0 Å². The summed E-state index contributed by atoms with van der Waals surface area (Å²) in [7, 11) is 0. The van der Waals surface area contributed by atoms with Crippen LogP contribution in [0.4, 0.5) is 0 Å². The van der Waals surface area contributed by atoms with Gasteiger partial charge in [-0.05, 0) is 25.1 Å². The molecule has 1 N–H and O–H groups in total. The minimum atomic E-state index is -0.348. The van der Waals surface area contributed by atoms with Gasteiger partial charge in [-0.25, -0.2) is 5.43 Å². The number of halogens is 2. The minimum absolute atomic E-state index is 0.348. The van der Waals surface area contributed by atoms with Crippen molar-refractivity contribution in [2.24, 2.45) is 5.10 Å². The molecule has 0 fully saturated rings. The number of carbonyl (C=O) groups is 1. The van der Waals surface area contributed by atoms with E-state index in [2.05, 4.69) is 10.5 Å². The molecule has 8 heteroatoms. The van der Waals surface area contributed by atoms with Crippen molar-refractivity contribution in [1.29, 1.82) is 0 Å². The average Bonchev–Trinajstić information content (AvgIpc) is 3.37. The summed E-state index contributed by atoms with van der Waals surface area (Å²) in [6, 6.07) is 16.7. The van der Waals surface area contributed by atoms with Gasteiger partial charge in [0.1, 0.15) is 11.5 Å². The van der Waals surface area contributed by atoms with E-state index in [0.717, 1.165) is 22.4 Å². The summed E-state index contributed by atoms with van der Waals surface area (Å²) in [4.78, 5) is 12.3. The Balaban J connectivity index is 1.63. The molecule has 4 aromatic rings. The molecule has 4 rings (SSSR count). The van der Waals surface area contributed by atoms with E-state index in [1.807, 2.05) is 36.5 Å². The Bertz CT molecular complexity index is 1230. The van der Waals surface area contributed by atoms with Gasteiger partial charge in [-0.2, -0.15) is 10.2 Å². The maximum Gasteiger partial charge on any atom is 0.274 e. The van der Waals surface area contributed by atoms with Gasteiger partial charge in [0.05, 0.1) is 24.6 Å². The molecule has 31 heavy (non-hydrogen) atoms. The molecule has 0 atom stereocenters. The molecule has 2 aromatic heterocycles. The summed E-state index contributed by atoms with van der Waals surface area (Å²) in [5, 5.41) is 9.95. The molecule has 156 valence electrons. The van der Waals surface area contributed by atoms with Gasteiger partial charge in [-0.1, -0.05) is 59.6 Å². The van der Waals surface area contributed by atoms with Crippen molar-refractivity contribution < 1.29 is 9.21 Å². The second-order valence-corrected chi connectivity index (χ2v) is 7.60. The van der Waals surface area contributed by atoms with Gasteiger partial charge in [-0.3, -0.25) is 9.48 Å². The Morgan fingerprint density at radius 3 is 2.55 bits per heavy atom. The summed E-state index contributed by atoms with van der Waals surface area (Å²) >= 11 is 12.6.